The van der Waals surface area contributed by atoms with E-state index in [0.29, 0.717) is 0 Å². The fourth-order valence-corrected chi connectivity index (χ4v) is 2.90. The van der Waals surface area contributed by atoms with Crippen LogP contribution in [-0.2, 0) is 28.6 Å². The van der Waals surface area contributed by atoms with E-state index < -0.39 is 86.2 Å². The Morgan fingerprint density at radius 3 is 0.795 bits per heavy atom. The van der Waals surface area contributed by atoms with Crippen LogP contribution in [0.4, 0.5) is 0 Å². The van der Waals surface area contributed by atoms with Gasteiger partial charge in [-0.1, -0.05) is 0 Å². The van der Waals surface area contributed by atoms with Crippen LogP contribution in [-0.4, -0.2) is 65.0 Å². The summed E-state index contributed by atoms with van der Waals surface area (Å²) in [7, 11) is 0. The van der Waals surface area contributed by atoms with Crippen LogP contribution in [0.5, 0.6) is 0 Å². The van der Waals surface area contributed by atoms with Crippen LogP contribution in [0, 0.1) is 0 Å². The molecule has 0 aliphatic carbocycles. The lowest BCUT2D eigenvalue weighted by molar-refractivity contribution is -0.148. The van der Waals surface area contributed by atoms with Gasteiger partial charge >= 0.3 is 17.9 Å². The quantitative estimate of drug-likeness (QED) is 0.192. The van der Waals surface area contributed by atoms with Gasteiger partial charge in [0.25, 0.3) is 0 Å². The molecular weight excluding hydrogens is 510 g/mol. The minimum absolute atomic E-state index is 0.506. The predicted molar refractivity (Wildman–Crippen MR) is 143 cm³/mol. The highest BCUT2D eigenvalue weighted by Gasteiger charge is 2.33. The summed E-state index contributed by atoms with van der Waals surface area (Å²) in [5, 5.41) is 31.2. The van der Waals surface area contributed by atoms with Crippen LogP contribution in [0.15, 0.2) is 17.3 Å². The van der Waals surface area contributed by atoms with Crippen molar-refractivity contribution < 1.29 is 43.9 Å². The summed E-state index contributed by atoms with van der Waals surface area (Å²) in [5.74, 6) is -6.19. The highest BCUT2D eigenvalue weighted by atomic mass is 16.6. The number of hydrogen-bond donors (Lipinski definition) is 3. The monoisotopic (exact) mass is 549 g/mol. The number of aliphatic hydroxyl groups excluding tert-OH is 3. The second-order valence-corrected chi connectivity index (χ2v) is 11.7. The number of aliphatic hydroxyl groups is 3. The first-order chi connectivity index (χ1) is 17.4. The zero-order valence-electron chi connectivity index (χ0n) is 24.6. The zero-order valence-corrected chi connectivity index (χ0v) is 24.6. The predicted octanol–water partition coefficient (Wildman–Crippen LogP) is 4.76. The molecule has 1 rings (SSSR count). The Bertz CT molecular complexity index is 1060. The number of carbonyl (C=O) groups excluding carboxylic acids is 3. The van der Waals surface area contributed by atoms with Crippen molar-refractivity contribution in [3.63, 3.8) is 0 Å². The van der Waals surface area contributed by atoms with Gasteiger partial charge in [0.15, 0.2) is 17.5 Å². The van der Waals surface area contributed by atoms with Gasteiger partial charge in [0.2, 0.25) is 0 Å². The molecule has 39 heavy (non-hydrogen) atoms. The summed E-state index contributed by atoms with van der Waals surface area (Å²) in [5.41, 5.74) is -4.43. The number of nitrogens with zero attached hydrogens (tertiary/aromatic N) is 3. The fraction of sp³-hybridized carbons (Fsp3) is 0.556. The summed E-state index contributed by atoms with van der Waals surface area (Å²) in [6, 6.07) is 0. The molecule has 216 valence electrons. The molecule has 0 saturated carbocycles. The van der Waals surface area contributed by atoms with E-state index in [-0.39, 0.29) is 0 Å². The average Bonchev–Trinajstić information content (AvgIpc) is 2.62. The fourth-order valence-electron chi connectivity index (χ4n) is 2.90. The van der Waals surface area contributed by atoms with E-state index in [2.05, 4.69) is 15.0 Å². The van der Waals surface area contributed by atoms with E-state index in [4.69, 9.17) is 14.2 Å². The van der Waals surface area contributed by atoms with Crippen molar-refractivity contribution in [1.29, 1.82) is 0 Å². The van der Waals surface area contributed by atoms with Crippen molar-refractivity contribution in [2.24, 2.45) is 0 Å². The zero-order chi connectivity index (χ0) is 30.7. The van der Waals surface area contributed by atoms with Gasteiger partial charge in [-0.2, -0.15) is 0 Å². The molecular formula is C27H39N3O9. The summed E-state index contributed by atoms with van der Waals surface area (Å²) in [4.78, 5) is 51.5. The second kappa shape index (κ2) is 11.8. The van der Waals surface area contributed by atoms with Gasteiger partial charge in [-0.05, 0) is 83.1 Å². The van der Waals surface area contributed by atoms with E-state index in [1.165, 1.54) is 20.8 Å². The first-order valence-electron chi connectivity index (χ1n) is 12.1. The Labute approximate surface area is 228 Å². The molecule has 1 aromatic rings. The van der Waals surface area contributed by atoms with Gasteiger partial charge in [0.1, 0.15) is 50.8 Å². The van der Waals surface area contributed by atoms with Crippen LogP contribution in [0.2, 0.25) is 0 Å². The average molecular weight is 550 g/mol. The molecule has 0 unspecified atom stereocenters. The minimum atomic E-state index is -1.02. The molecule has 0 spiro atoms. The second-order valence-electron chi connectivity index (χ2n) is 11.7. The van der Waals surface area contributed by atoms with Gasteiger partial charge in [0, 0.05) is 0 Å². The molecule has 0 amide bonds. The Hall–Kier alpha value is -3.96. The van der Waals surface area contributed by atoms with Crippen LogP contribution in [0.3, 0.4) is 0 Å². The molecule has 0 aliphatic heterocycles. The molecule has 12 heteroatoms. The third-order valence-corrected chi connectivity index (χ3v) is 4.20. The summed E-state index contributed by atoms with van der Waals surface area (Å²) < 4.78 is 16.1. The maximum absolute atomic E-state index is 13.0. The maximum Gasteiger partial charge on any atom is 0.345 e. The van der Waals surface area contributed by atoms with E-state index in [9.17, 15) is 29.7 Å². The number of hydrogen-bond acceptors (Lipinski definition) is 12. The number of esters is 3. The molecule has 12 nitrogen and oxygen atoms in total. The minimum Gasteiger partial charge on any atom is -0.512 e. The third kappa shape index (κ3) is 10.0. The Kier molecular flexibility index (Phi) is 10.0. The summed E-state index contributed by atoms with van der Waals surface area (Å²) >= 11 is 0. The SMILES string of the molecule is C/C(O)=C(\C(=O)OC(C)(C)C)c1nc(/C(C(=O)OC(C)(C)C)=C(/C)O)nc(/C(C(=O)OC(C)(C)C)=C(/C)O)n1. The number of rotatable bonds is 6. The lowest BCUT2D eigenvalue weighted by Crippen LogP contribution is -2.28. The van der Waals surface area contributed by atoms with Crippen LogP contribution in [0.1, 0.15) is 101 Å². The van der Waals surface area contributed by atoms with Crippen LogP contribution in [0.25, 0.3) is 16.7 Å². The molecule has 0 saturated heterocycles. The van der Waals surface area contributed by atoms with Gasteiger partial charge in [-0.25, -0.2) is 29.3 Å². The molecule has 3 N–H and O–H groups in total. The van der Waals surface area contributed by atoms with Crippen molar-refractivity contribution in [3.8, 4) is 0 Å². The Balaban J connectivity index is 4.12. The van der Waals surface area contributed by atoms with Crippen molar-refractivity contribution in [1.82, 2.24) is 15.0 Å². The molecule has 0 aromatic carbocycles. The molecule has 0 aliphatic rings. The smallest absolute Gasteiger partial charge is 0.345 e. The van der Waals surface area contributed by atoms with Gasteiger partial charge in [-0.3, -0.25) is 0 Å². The van der Waals surface area contributed by atoms with Gasteiger partial charge in [0.05, 0.1) is 0 Å². The number of aromatic nitrogens is 3. The normalized spacial score (nSPS) is 14.5. The molecule has 0 bridgehead atoms. The van der Waals surface area contributed by atoms with Crippen molar-refractivity contribution in [3.05, 3.63) is 34.8 Å². The first kappa shape index (κ1) is 33.1. The van der Waals surface area contributed by atoms with Crippen molar-refractivity contribution in [2.45, 2.75) is 99.9 Å². The van der Waals surface area contributed by atoms with E-state index in [1.807, 2.05) is 0 Å². The molecule has 0 fully saturated rings. The molecule has 0 atom stereocenters. The lowest BCUT2D eigenvalue weighted by atomic mass is 10.1. The van der Waals surface area contributed by atoms with Gasteiger partial charge < -0.3 is 29.5 Å². The summed E-state index contributed by atoms with van der Waals surface area (Å²) in [6.45, 7) is 18.0. The first-order valence-corrected chi connectivity index (χ1v) is 12.1. The van der Waals surface area contributed by atoms with E-state index in [0.717, 1.165) is 0 Å². The highest BCUT2D eigenvalue weighted by molar-refractivity contribution is 6.19. The Morgan fingerprint density at radius 1 is 0.487 bits per heavy atom. The topological polar surface area (TPSA) is 178 Å². The van der Waals surface area contributed by atoms with Crippen molar-refractivity contribution >= 4 is 34.6 Å². The summed E-state index contributed by atoms with van der Waals surface area (Å²) in [6.07, 6.45) is 0. The molecule has 1 heterocycles. The highest BCUT2D eigenvalue weighted by Crippen LogP contribution is 2.27. The maximum atomic E-state index is 13.0. The number of carbonyl (C=O) groups is 3. The third-order valence-electron chi connectivity index (χ3n) is 4.20. The lowest BCUT2D eigenvalue weighted by Gasteiger charge is -2.22. The Morgan fingerprint density at radius 2 is 0.667 bits per heavy atom. The standard InChI is InChI=1S/C27H39N3O9/c1-13(31)16(22(34)37-25(4,5)6)19-28-20(17(14(2)32)23(35)38-26(7,8)9)30-21(29-19)18(15(3)33)24(36)39-27(10,11)12/h31-33H,1-12H3/b16-13+,17-14+,18-15+. The van der Waals surface area contributed by atoms with Crippen LogP contribution < -0.4 is 0 Å². The largest absolute Gasteiger partial charge is 0.512 e. The van der Waals surface area contributed by atoms with E-state index in [1.54, 1.807) is 62.3 Å². The van der Waals surface area contributed by atoms with E-state index >= 15 is 0 Å². The number of ether oxygens (including phenoxy) is 3. The van der Waals surface area contributed by atoms with Crippen molar-refractivity contribution in [2.75, 3.05) is 0 Å². The van der Waals surface area contributed by atoms with Gasteiger partial charge in [-0.15, -0.1) is 0 Å². The van der Waals surface area contributed by atoms with Crippen LogP contribution >= 0.6 is 0 Å². The number of allylic oxidation sites excluding steroid dienone is 3. The molecule has 0 radical (unpaired) electrons. The molecule has 1 aromatic heterocycles.